The zero-order valence-electron chi connectivity index (χ0n) is 16.4. The summed E-state index contributed by atoms with van der Waals surface area (Å²) in [6.07, 6.45) is 1.56. The van der Waals surface area contributed by atoms with Crippen molar-refractivity contribution in [1.82, 2.24) is 10.2 Å². The van der Waals surface area contributed by atoms with E-state index in [9.17, 15) is 14.4 Å². The minimum Gasteiger partial charge on any atom is -0.465 e. The van der Waals surface area contributed by atoms with Crippen LogP contribution in [0.3, 0.4) is 0 Å². The SMILES string of the molecule is COC(=O)c1ccccc1NC(=O)C(=O)NC1CCN(Cc2ccccc2)CC1. The van der Waals surface area contributed by atoms with Crippen molar-refractivity contribution in [2.75, 3.05) is 25.5 Å². The fourth-order valence-corrected chi connectivity index (χ4v) is 3.39. The van der Waals surface area contributed by atoms with Gasteiger partial charge >= 0.3 is 17.8 Å². The molecule has 0 atom stereocenters. The van der Waals surface area contributed by atoms with Gasteiger partial charge in [0.15, 0.2) is 0 Å². The molecule has 152 valence electrons. The molecule has 0 aromatic heterocycles. The molecule has 1 fully saturated rings. The molecular formula is C22H25N3O4. The molecule has 7 heteroatoms. The van der Waals surface area contributed by atoms with Gasteiger partial charge in [-0.15, -0.1) is 0 Å². The molecule has 2 aromatic carbocycles. The van der Waals surface area contributed by atoms with Crippen molar-refractivity contribution in [3.63, 3.8) is 0 Å². The highest BCUT2D eigenvalue weighted by Crippen LogP contribution is 2.17. The summed E-state index contributed by atoms with van der Waals surface area (Å²) in [5, 5.41) is 5.29. The number of para-hydroxylation sites is 1. The second-order valence-electron chi connectivity index (χ2n) is 7.00. The number of ether oxygens (including phenoxy) is 1. The van der Waals surface area contributed by atoms with Crippen molar-refractivity contribution >= 4 is 23.5 Å². The lowest BCUT2D eigenvalue weighted by Gasteiger charge is -2.32. The summed E-state index contributed by atoms with van der Waals surface area (Å²) in [7, 11) is 1.26. The quantitative estimate of drug-likeness (QED) is 0.599. The van der Waals surface area contributed by atoms with Crippen molar-refractivity contribution in [3.8, 4) is 0 Å². The summed E-state index contributed by atoms with van der Waals surface area (Å²) in [6.45, 7) is 2.59. The normalized spacial score (nSPS) is 14.8. The van der Waals surface area contributed by atoms with Gasteiger partial charge in [0.25, 0.3) is 0 Å². The average molecular weight is 395 g/mol. The molecule has 1 heterocycles. The maximum absolute atomic E-state index is 12.3. The second-order valence-corrected chi connectivity index (χ2v) is 7.00. The lowest BCUT2D eigenvalue weighted by Crippen LogP contribution is -2.47. The number of methoxy groups -OCH3 is 1. The van der Waals surface area contributed by atoms with Crippen LogP contribution in [0.15, 0.2) is 54.6 Å². The molecule has 1 aliphatic rings. The van der Waals surface area contributed by atoms with E-state index in [0.717, 1.165) is 32.5 Å². The number of nitrogens with one attached hydrogen (secondary N) is 2. The van der Waals surface area contributed by atoms with Crippen LogP contribution in [-0.4, -0.2) is 48.9 Å². The highest BCUT2D eigenvalue weighted by molar-refractivity contribution is 6.40. The van der Waals surface area contributed by atoms with Gasteiger partial charge in [-0.1, -0.05) is 42.5 Å². The van der Waals surface area contributed by atoms with Crippen LogP contribution in [-0.2, 0) is 20.9 Å². The summed E-state index contributed by atoms with van der Waals surface area (Å²) in [4.78, 5) is 38.7. The molecule has 0 spiro atoms. The first kappa shape index (κ1) is 20.5. The van der Waals surface area contributed by atoms with Gasteiger partial charge in [-0.25, -0.2) is 4.79 Å². The summed E-state index contributed by atoms with van der Waals surface area (Å²) in [5.41, 5.74) is 1.71. The van der Waals surface area contributed by atoms with Crippen LogP contribution in [0, 0.1) is 0 Å². The number of piperidine rings is 1. The Morgan fingerprint density at radius 3 is 2.31 bits per heavy atom. The summed E-state index contributed by atoms with van der Waals surface area (Å²) >= 11 is 0. The van der Waals surface area contributed by atoms with E-state index in [2.05, 4.69) is 27.7 Å². The molecule has 1 saturated heterocycles. The van der Waals surface area contributed by atoms with E-state index in [1.807, 2.05) is 18.2 Å². The Morgan fingerprint density at radius 1 is 0.966 bits per heavy atom. The van der Waals surface area contributed by atoms with Crippen LogP contribution < -0.4 is 10.6 Å². The third kappa shape index (κ3) is 5.65. The predicted octanol–water partition coefficient (Wildman–Crippen LogP) is 2.19. The number of hydrogen-bond donors (Lipinski definition) is 2. The topological polar surface area (TPSA) is 87.7 Å². The highest BCUT2D eigenvalue weighted by Gasteiger charge is 2.24. The van der Waals surface area contributed by atoms with E-state index in [1.54, 1.807) is 18.2 Å². The fourth-order valence-electron chi connectivity index (χ4n) is 3.39. The third-order valence-corrected chi connectivity index (χ3v) is 4.96. The Hall–Kier alpha value is -3.19. The van der Waals surface area contributed by atoms with Gasteiger partial charge in [-0.3, -0.25) is 14.5 Å². The Bertz CT molecular complexity index is 861. The monoisotopic (exact) mass is 395 g/mol. The molecule has 2 N–H and O–H groups in total. The zero-order valence-corrected chi connectivity index (χ0v) is 16.4. The van der Waals surface area contributed by atoms with E-state index in [-0.39, 0.29) is 17.3 Å². The Morgan fingerprint density at radius 2 is 1.62 bits per heavy atom. The van der Waals surface area contributed by atoms with E-state index in [4.69, 9.17) is 4.74 Å². The van der Waals surface area contributed by atoms with Crippen LogP contribution in [0.5, 0.6) is 0 Å². The number of amides is 2. The van der Waals surface area contributed by atoms with Crippen LogP contribution in [0.25, 0.3) is 0 Å². The van der Waals surface area contributed by atoms with Crippen molar-refractivity contribution in [1.29, 1.82) is 0 Å². The third-order valence-electron chi connectivity index (χ3n) is 4.96. The number of likely N-dealkylation sites (tertiary alicyclic amines) is 1. The van der Waals surface area contributed by atoms with Crippen LogP contribution in [0.4, 0.5) is 5.69 Å². The number of rotatable bonds is 5. The smallest absolute Gasteiger partial charge is 0.339 e. The second kappa shape index (κ2) is 9.84. The number of anilines is 1. The average Bonchev–Trinajstić information content (AvgIpc) is 2.75. The van der Waals surface area contributed by atoms with E-state index in [1.165, 1.54) is 18.7 Å². The first-order valence-corrected chi connectivity index (χ1v) is 9.62. The van der Waals surface area contributed by atoms with Crippen LogP contribution in [0.2, 0.25) is 0 Å². The van der Waals surface area contributed by atoms with Gasteiger partial charge in [0.2, 0.25) is 0 Å². The molecule has 2 amide bonds. The highest BCUT2D eigenvalue weighted by atomic mass is 16.5. The van der Waals surface area contributed by atoms with Crippen molar-refractivity contribution in [2.24, 2.45) is 0 Å². The molecule has 7 nitrogen and oxygen atoms in total. The van der Waals surface area contributed by atoms with Crippen molar-refractivity contribution in [3.05, 3.63) is 65.7 Å². The number of hydrogen-bond acceptors (Lipinski definition) is 5. The molecule has 0 bridgehead atoms. The molecule has 0 saturated carbocycles. The summed E-state index contributed by atoms with van der Waals surface area (Å²) in [6, 6.07) is 16.6. The number of carbonyl (C=O) groups is 3. The molecular weight excluding hydrogens is 370 g/mol. The molecule has 0 radical (unpaired) electrons. The Balaban J connectivity index is 1.49. The fraction of sp³-hybridized carbons (Fsp3) is 0.318. The number of nitrogens with zero attached hydrogens (tertiary/aromatic N) is 1. The van der Waals surface area contributed by atoms with Gasteiger partial charge in [0.05, 0.1) is 18.4 Å². The van der Waals surface area contributed by atoms with Gasteiger partial charge in [0, 0.05) is 25.7 Å². The predicted molar refractivity (Wildman–Crippen MR) is 109 cm³/mol. The maximum Gasteiger partial charge on any atom is 0.339 e. The standard InChI is InChI=1S/C22H25N3O4/c1-29-22(28)18-9-5-6-10-19(18)24-21(27)20(26)23-17-11-13-25(14-12-17)15-16-7-3-2-4-8-16/h2-10,17H,11-15H2,1H3,(H,23,26)(H,24,27). The summed E-state index contributed by atoms with van der Waals surface area (Å²) < 4.78 is 4.70. The first-order valence-electron chi connectivity index (χ1n) is 9.62. The minimum atomic E-state index is -0.798. The van der Waals surface area contributed by atoms with E-state index in [0.29, 0.717) is 0 Å². The van der Waals surface area contributed by atoms with Gasteiger partial charge in [0.1, 0.15) is 0 Å². The Kier molecular flexibility index (Phi) is 6.97. The molecule has 0 aliphatic carbocycles. The van der Waals surface area contributed by atoms with Crippen LogP contribution in [0.1, 0.15) is 28.8 Å². The Labute approximate surface area is 170 Å². The molecule has 29 heavy (non-hydrogen) atoms. The van der Waals surface area contributed by atoms with Gasteiger partial charge in [-0.05, 0) is 30.5 Å². The lowest BCUT2D eigenvalue weighted by molar-refractivity contribution is -0.136. The largest absolute Gasteiger partial charge is 0.465 e. The zero-order chi connectivity index (χ0) is 20.6. The van der Waals surface area contributed by atoms with Crippen molar-refractivity contribution in [2.45, 2.75) is 25.4 Å². The van der Waals surface area contributed by atoms with E-state index < -0.39 is 17.8 Å². The molecule has 0 unspecified atom stereocenters. The van der Waals surface area contributed by atoms with Crippen LogP contribution >= 0.6 is 0 Å². The molecule has 3 rings (SSSR count). The van der Waals surface area contributed by atoms with E-state index >= 15 is 0 Å². The molecule has 2 aromatic rings. The molecule has 1 aliphatic heterocycles. The minimum absolute atomic E-state index is 0.0453. The summed E-state index contributed by atoms with van der Waals surface area (Å²) in [5.74, 6) is -2.08. The first-order chi connectivity index (χ1) is 14.1. The van der Waals surface area contributed by atoms with Gasteiger partial charge < -0.3 is 15.4 Å². The maximum atomic E-state index is 12.3. The lowest BCUT2D eigenvalue weighted by atomic mass is 10.0. The van der Waals surface area contributed by atoms with Crippen molar-refractivity contribution < 1.29 is 19.1 Å². The van der Waals surface area contributed by atoms with Gasteiger partial charge in [-0.2, -0.15) is 0 Å². The number of esters is 1. The number of benzene rings is 2. The number of carbonyl (C=O) groups excluding carboxylic acids is 3.